The summed E-state index contributed by atoms with van der Waals surface area (Å²) in [6.45, 7) is 5.86. The van der Waals surface area contributed by atoms with Crippen LogP contribution in [0.1, 0.15) is 78.7 Å². The first-order valence-corrected chi connectivity index (χ1v) is 22.5. The molecule has 25 heteroatoms. The number of benzene rings is 1. The molecule has 1 fully saturated rings. The number of aliphatic hydroxyl groups excluding tert-OH is 2. The molecule has 16 N–H and O–H groups in total. The Balaban J connectivity index is 2.10. The van der Waals surface area contributed by atoms with Crippen LogP contribution in [0.3, 0.4) is 0 Å². The van der Waals surface area contributed by atoms with Crippen LogP contribution in [0.25, 0.3) is 0 Å². The Kier molecular flexibility index (Phi) is 24.9. The van der Waals surface area contributed by atoms with E-state index in [0.717, 1.165) is 6.42 Å². The number of rotatable bonds is 29. The maximum atomic E-state index is 13.6. The van der Waals surface area contributed by atoms with Gasteiger partial charge in [-0.3, -0.25) is 43.2 Å². The monoisotopic (exact) mass is 964 g/mol. The second-order valence-electron chi connectivity index (χ2n) is 16.6. The third-order valence-electron chi connectivity index (χ3n) is 11.1. The minimum absolute atomic E-state index is 0.0508. The fourth-order valence-electron chi connectivity index (χ4n) is 6.64. The van der Waals surface area contributed by atoms with Crippen LogP contribution in [0.4, 0.5) is 0 Å². The van der Waals surface area contributed by atoms with Gasteiger partial charge in [-0.15, -0.1) is 0 Å². The SMILES string of the molecule is CC[C@H](C)[C@H](NC(=O)[C@H](CO)NC(=O)[C@H](C)NC(=O)[C@H](Cc1ccc(O)cc1)NC(=O)CNC(=O)[C@@H](C)NC(=O)[C@@H]1CCCN1)C(=O)N[C@@H](C)C(=O)N[C@@H](CCCCN)C(=O)N[C@@H](CO)C(=O)O. The predicted octanol–water partition coefficient (Wildman–Crippen LogP) is -5.01. The zero-order valence-electron chi connectivity index (χ0n) is 39.0. The normalized spacial score (nSPS) is 17.1. The molecule has 10 atom stereocenters. The molecule has 0 radical (unpaired) electrons. The van der Waals surface area contributed by atoms with Crippen LogP contribution in [0.15, 0.2) is 24.3 Å². The number of carboxylic acid groups (broad SMARTS) is 1. The van der Waals surface area contributed by atoms with E-state index in [1.54, 1.807) is 13.8 Å². The second-order valence-corrected chi connectivity index (χ2v) is 16.6. The van der Waals surface area contributed by atoms with Gasteiger partial charge in [-0.2, -0.15) is 0 Å². The lowest BCUT2D eigenvalue weighted by molar-refractivity contribution is -0.143. The van der Waals surface area contributed by atoms with E-state index >= 15 is 0 Å². The lowest BCUT2D eigenvalue weighted by Crippen LogP contribution is -2.61. The van der Waals surface area contributed by atoms with Gasteiger partial charge < -0.3 is 79.3 Å². The number of hydrogen-bond acceptors (Lipinski definition) is 15. The van der Waals surface area contributed by atoms with Crippen LogP contribution in [-0.2, 0) is 54.4 Å². The van der Waals surface area contributed by atoms with Gasteiger partial charge in [0.25, 0.3) is 0 Å². The number of amides is 9. The first kappa shape index (κ1) is 57.7. The number of carbonyl (C=O) groups is 10. The Hall–Kier alpha value is -6.44. The number of phenols is 1. The second kappa shape index (κ2) is 29.3. The standard InChI is InChI=1S/C43H69N11O14/c1-6-22(2)34(42(66)49-25(5)36(60)51-29(10-7-8-16-44)39(63)53-32(21-56)43(67)68)54-41(65)31(20-55)52-37(61)24(4)48-40(64)30(18-26-12-14-27(57)15-13-26)50-33(58)19-46-35(59)23(3)47-38(62)28-11-9-17-45-28/h12-15,22-25,28-32,34,45,55-57H,6-11,16-21,44H2,1-5H3,(H,46,59)(H,47,62)(H,48,64)(H,49,66)(H,50,58)(H,51,60)(H,52,61)(H,53,63)(H,54,65)(H,67,68)/t22-,23+,24-,25-,28-,29-,30-,31-,32-,34-/m0/s1. The average molecular weight is 964 g/mol. The van der Waals surface area contributed by atoms with Crippen molar-refractivity contribution in [2.45, 2.75) is 134 Å². The molecule has 1 saturated heterocycles. The predicted molar refractivity (Wildman–Crippen MR) is 242 cm³/mol. The smallest absolute Gasteiger partial charge is 0.328 e. The van der Waals surface area contributed by atoms with E-state index in [-0.39, 0.29) is 31.0 Å². The molecule has 0 aliphatic carbocycles. The molecule has 1 aliphatic heterocycles. The number of phenolic OH excluding ortho intramolecular Hbond substituents is 1. The Labute approximate surface area is 394 Å². The molecule has 0 bridgehead atoms. The van der Waals surface area contributed by atoms with Crippen LogP contribution >= 0.6 is 0 Å². The molecular formula is C43H69N11O14. The summed E-state index contributed by atoms with van der Waals surface area (Å²) in [6.07, 6.45) is 2.53. The van der Waals surface area contributed by atoms with Crippen molar-refractivity contribution in [2.75, 3.05) is 32.8 Å². The molecule has 2 rings (SSSR count). The van der Waals surface area contributed by atoms with Gasteiger partial charge in [0.05, 0.1) is 25.8 Å². The number of hydrogen-bond donors (Lipinski definition) is 15. The number of aromatic hydroxyl groups is 1. The van der Waals surface area contributed by atoms with Crippen molar-refractivity contribution in [1.29, 1.82) is 0 Å². The van der Waals surface area contributed by atoms with E-state index < -0.39 is 133 Å². The molecule has 0 aromatic heterocycles. The Morgan fingerprint density at radius 1 is 0.662 bits per heavy atom. The minimum Gasteiger partial charge on any atom is -0.508 e. The topological polar surface area (TPSA) is 398 Å². The number of unbranched alkanes of at least 4 members (excludes halogenated alkanes) is 1. The Morgan fingerprint density at radius 3 is 1.75 bits per heavy atom. The van der Waals surface area contributed by atoms with Gasteiger partial charge in [0.15, 0.2) is 0 Å². The molecule has 1 heterocycles. The van der Waals surface area contributed by atoms with Crippen molar-refractivity contribution in [1.82, 2.24) is 53.2 Å². The number of nitrogens with two attached hydrogens (primary N) is 1. The maximum Gasteiger partial charge on any atom is 0.328 e. The quantitative estimate of drug-likeness (QED) is 0.0334. The van der Waals surface area contributed by atoms with Gasteiger partial charge in [0, 0.05) is 6.42 Å². The molecule has 0 unspecified atom stereocenters. The van der Waals surface area contributed by atoms with E-state index in [0.29, 0.717) is 37.8 Å². The third kappa shape index (κ3) is 19.4. The van der Waals surface area contributed by atoms with Crippen molar-refractivity contribution in [3.8, 4) is 5.75 Å². The first-order valence-electron chi connectivity index (χ1n) is 22.5. The first-order chi connectivity index (χ1) is 32.1. The molecule has 380 valence electrons. The van der Waals surface area contributed by atoms with E-state index in [9.17, 15) is 68.4 Å². The molecule has 1 aliphatic rings. The Morgan fingerprint density at radius 2 is 1.21 bits per heavy atom. The fourth-order valence-corrected chi connectivity index (χ4v) is 6.64. The highest BCUT2D eigenvalue weighted by Gasteiger charge is 2.34. The lowest BCUT2D eigenvalue weighted by Gasteiger charge is -2.28. The van der Waals surface area contributed by atoms with Crippen LogP contribution in [0, 0.1) is 5.92 Å². The van der Waals surface area contributed by atoms with E-state index in [1.165, 1.54) is 45.0 Å². The molecule has 1 aromatic rings. The molecule has 0 spiro atoms. The van der Waals surface area contributed by atoms with Crippen LogP contribution < -0.4 is 58.9 Å². The Bertz CT molecular complexity index is 1900. The summed E-state index contributed by atoms with van der Waals surface area (Å²) >= 11 is 0. The zero-order chi connectivity index (χ0) is 51.1. The van der Waals surface area contributed by atoms with Gasteiger partial charge in [-0.1, -0.05) is 32.4 Å². The van der Waals surface area contributed by atoms with Crippen molar-refractivity contribution in [3.63, 3.8) is 0 Å². The highest BCUT2D eigenvalue weighted by Crippen LogP contribution is 2.13. The van der Waals surface area contributed by atoms with E-state index in [4.69, 9.17) is 5.73 Å². The number of aliphatic hydroxyl groups is 2. The van der Waals surface area contributed by atoms with Gasteiger partial charge in [-0.25, -0.2) is 4.79 Å². The largest absolute Gasteiger partial charge is 0.508 e. The minimum atomic E-state index is -1.65. The lowest BCUT2D eigenvalue weighted by atomic mass is 9.97. The highest BCUT2D eigenvalue weighted by molar-refractivity contribution is 5.98. The van der Waals surface area contributed by atoms with Crippen LogP contribution in [0.5, 0.6) is 5.75 Å². The number of carboxylic acids is 1. The molecule has 9 amide bonds. The van der Waals surface area contributed by atoms with Crippen molar-refractivity contribution in [3.05, 3.63) is 29.8 Å². The van der Waals surface area contributed by atoms with E-state index in [2.05, 4.69) is 53.2 Å². The number of carbonyl (C=O) groups excluding carboxylic acids is 9. The molecule has 25 nitrogen and oxygen atoms in total. The van der Waals surface area contributed by atoms with Crippen molar-refractivity contribution < 1.29 is 68.4 Å². The van der Waals surface area contributed by atoms with Gasteiger partial charge in [0.2, 0.25) is 53.2 Å². The third-order valence-corrected chi connectivity index (χ3v) is 11.1. The van der Waals surface area contributed by atoms with Crippen LogP contribution in [-0.4, -0.2) is 167 Å². The average Bonchev–Trinajstić information content (AvgIpc) is 3.86. The zero-order valence-corrected chi connectivity index (χ0v) is 39.0. The summed E-state index contributed by atoms with van der Waals surface area (Å²) in [5, 5.41) is 63.3. The van der Waals surface area contributed by atoms with Gasteiger partial charge in [-0.05, 0) is 89.6 Å². The molecule has 68 heavy (non-hydrogen) atoms. The fraction of sp³-hybridized carbons (Fsp3) is 0.628. The van der Waals surface area contributed by atoms with Crippen molar-refractivity contribution >= 4 is 59.1 Å². The van der Waals surface area contributed by atoms with Gasteiger partial charge in [0.1, 0.15) is 54.1 Å². The summed E-state index contributed by atoms with van der Waals surface area (Å²) in [5.41, 5.74) is 6.04. The summed E-state index contributed by atoms with van der Waals surface area (Å²) in [6, 6.07) is -5.57. The van der Waals surface area contributed by atoms with E-state index in [1.807, 2.05) is 0 Å². The molecule has 0 saturated carbocycles. The summed E-state index contributed by atoms with van der Waals surface area (Å²) in [7, 11) is 0. The summed E-state index contributed by atoms with van der Waals surface area (Å²) in [5.74, 6) is -9.33. The van der Waals surface area contributed by atoms with Crippen molar-refractivity contribution in [2.24, 2.45) is 11.7 Å². The summed E-state index contributed by atoms with van der Waals surface area (Å²) in [4.78, 5) is 130. The summed E-state index contributed by atoms with van der Waals surface area (Å²) < 4.78 is 0. The van der Waals surface area contributed by atoms with Crippen LogP contribution in [0.2, 0.25) is 0 Å². The molecule has 1 aromatic carbocycles. The highest BCUT2D eigenvalue weighted by atomic mass is 16.4. The molecular weight excluding hydrogens is 895 g/mol. The number of nitrogens with one attached hydrogen (secondary N) is 10. The number of aliphatic carboxylic acids is 1. The van der Waals surface area contributed by atoms with Gasteiger partial charge >= 0.3 is 5.97 Å². The maximum absolute atomic E-state index is 13.6.